The van der Waals surface area contributed by atoms with Crippen LogP contribution in [-0.2, 0) is 17.9 Å². The molecule has 3 rings (SSSR count). The Bertz CT molecular complexity index is 744. The predicted molar refractivity (Wildman–Crippen MR) is 90.6 cm³/mol. The smallest absolute Gasteiger partial charge is 0.225 e. The van der Waals surface area contributed by atoms with Gasteiger partial charge in [0.25, 0.3) is 0 Å². The Labute approximate surface area is 142 Å². The molecule has 0 fully saturated rings. The zero-order chi connectivity index (χ0) is 17.4. The summed E-state index contributed by atoms with van der Waals surface area (Å²) in [6.45, 7) is 12.3. The van der Waals surface area contributed by atoms with E-state index >= 15 is 0 Å². The maximum Gasteiger partial charge on any atom is 0.225 e. The lowest BCUT2D eigenvalue weighted by atomic mass is 10.2. The molecule has 0 saturated carbocycles. The molecular weight excluding hydrogens is 304 g/mol. The van der Waals surface area contributed by atoms with Crippen LogP contribution in [0.2, 0.25) is 0 Å². The third-order valence-corrected chi connectivity index (χ3v) is 4.58. The zero-order valence-corrected chi connectivity index (χ0v) is 15.2. The second kappa shape index (κ2) is 6.37. The molecule has 7 heteroatoms. The Balaban J connectivity index is 1.67. The molecule has 1 atom stereocenters. The maximum atomic E-state index is 12.7. The first-order chi connectivity index (χ1) is 11.4. The number of hydrogen-bond donors (Lipinski definition) is 0. The molecule has 130 valence electrons. The van der Waals surface area contributed by atoms with E-state index in [0.29, 0.717) is 25.4 Å². The van der Waals surface area contributed by atoms with Crippen molar-refractivity contribution < 1.29 is 4.79 Å². The minimum absolute atomic E-state index is 0.0530. The first kappa shape index (κ1) is 16.7. The minimum Gasteiger partial charge on any atom is -0.333 e. The standard InChI is InChI=1S/C17H26N6O/c1-11(2)17-19-18-15-10-21(6-7-22(15)17)16(24)9-14(5)23-13(4)8-12(3)20-23/h8,11,14H,6-7,9-10H2,1-5H3/t14-/m1/s1. The monoisotopic (exact) mass is 330 g/mol. The molecule has 7 nitrogen and oxygen atoms in total. The summed E-state index contributed by atoms with van der Waals surface area (Å²) in [6.07, 6.45) is 0.452. The first-order valence-electron chi connectivity index (χ1n) is 8.59. The van der Waals surface area contributed by atoms with E-state index in [9.17, 15) is 4.79 Å². The van der Waals surface area contributed by atoms with Crippen LogP contribution in [0.4, 0.5) is 0 Å². The average molecular weight is 330 g/mol. The van der Waals surface area contributed by atoms with Gasteiger partial charge >= 0.3 is 0 Å². The maximum absolute atomic E-state index is 12.7. The summed E-state index contributed by atoms with van der Waals surface area (Å²) in [5, 5.41) is 13.0. The van der Waals surface area contributed by atoms with Gasteiger partial charge in [-0.1, -0.05) is 13.8 Å². The van der Waals surface area contributed by atoms with Gasteiger partial charge in [-0.25, -0.2) is 0 Å². The number of carbonyl (C=O) groups is 1. The Morgan fingerprint density at radius 2 is 1.96 bits per heavy atom. The molecule has 1 aliphatic rings. The third-order valence-electron chi connectivity index (χ3n) is 4.58. The van der Waals surface area contributed by atoms with Crippen LogP contribution in [0.1, 0.15) is 62.2 Å². The molecule has 3 heterocycles. The van der Waals surface area contributed by atoms with Gasteiger partial charge in [0.15, 0.2) is 5.82 Å². The number of aromatic nitrogens is 5. The molecule has 1 amide bonds. The van der Waals surface area contributed by atoms with Crippen molar-refractivity contribution in [2.24, 2.45) is 0 Å². The molecule has 2 aromatic rings. The summed E-state index contributed by atoms with van der Waals surface area (Å²) in [5.74, 6) is 2.39. The summed E-state index contributed by atoms with van der Waals surface area (Å²) >= 11 is 0. The molecule has 1 aliphatic heterocycles. The molecule has 0 saturated heterocycles. The molecule has 0 unspecified atom stereocenters. The second-order valence-electron chi connectivity index (χ2n) is 7.02. The van der Waals surface area contributed by atoms with E-state index in [2.05, 4.69) is 33.7 Å². The average Bonchev–Trinajstić information content (AvgIpc) is 3.09. The van der Waals surface area contributed by atoms with Crippen LogP contribution in [0, 0.1) is 13.8 Å². The van der Waals surface area contributed by atoms with Gasteiger partial charge in [0.2, 0.25) is 5.91 Å². The Morgan fingerprint density at radius 1 is 1.21 bits per heavy atom. The van der Waals surface area contributed by atoms with Gasteiger partial charge in [-0.05, 0) is 26.8 Å². The predicted octanol–water partition coefficient (Wildman–Crippen LogP) is 2.21. The number of hydrogen-bond acceptors (Lipinski definition) is 4. The highest BCUT2D eigenvalue weighted by Gasteiger charge is 2.26. The summed E-state index contributed by atoms with van der Waals surface area (Å²) in [5.41, 5.74) is 2.08. The van der Waals surface area contributed by atoms with Gasteiger partial charge in [0, 0.05) is 31.1 Å². The Kier molecular flexibility index (Phi) is 4.43. The van der Waals surface area contributed by atoms with E-state index in [1.165, 1.54) is 0 Å². The summed E-state index contributed by atoms with van der Waals surface area (Å²) in [4.78, 5) is 14.6. The molecule has 24 heavy (non-hydrogen) atoms. The molecule has 2 aromatic heterocycles. The van der Waals surface area contributed by atoms with Crippen molar-refractivity contribution in [2.75, 3.05) is 6.54 Å². The molecule has 0 radical (unpaired) electrons. The zero-order valence-electron chi connectivity index (χ0n) is 15.2. The van der Waals surface area contributed by atoms with Crippen LogP contribution in [-0.4, -0.2) is 41.9 Å². The Morgan fingerprint density at radius 3 is 2.58 bits per heavy atom. The molecular formula is C17H26N6O. The third kappa shape index (κ3) is 3.07. The van der Waals surface area contributed by atoms with Crippen LogP contribution in [0.5, 0.6) is 0 Å². The highest BCUT2D eigenvalue weighted by molar-refractivity contribution is 5.76. The number of fused-ring (bicyclic) bond motifs is 1. The van der Waals surface area contributed by atoms with Crippen molar-refractivity contribution >= 4 is 5.91 Å². The van der Waals surface area contributed by atoms with Crippen LogP contribution < -0.4 is 0 Å². The fraction of sp³-hybridized carbons (Fsp3) is 0.647. The van der Waals surface area contributed by atoms with Gasteiger partial charge < -0.3 is 9.47 Å². The second-order valence-corrected chi connectivity index (χ2v) is 7.02. The summed E-state index contributed by atoms with van der Waals surface area (Å²) < 4.78 is 4.09. The molecule has 0 bridgehead atoms. The van der Waals surface area contributed by atoms with Gasteiger partial charge in [-0.15, -0.1) is 10.2 Å². The molecule has 0 N–H and O–H groups in total. The van der Waals surface area contributed by atoms with E-state index < -0.39 is 0 Å². The SMILES string of the molecule is Cc1cc(C)n([C@H](C)CC(=O)N2CCn3c(nnc3C(C)C)C2)n1. The van der Waals surface area contributed by atoms with Crippen LogP contribution >= 0.6 is 0 Å². The van der Waals surface area contributed by atoms with Crippen molar-refractivity contribution in [2.45, 2.75) is 66.1 Å². The molecule has 0 aromatic carbocycles. The lowest BCUT2D eigenvalue weighted by Gasteiger charge is -2.29. The topological polar surface area (TPSA) is 68.8 Å². The van der Waals surface area contributed by atoms with E-state index in [1.807, 2.05) is 36.4 Å². The fourth-order valence-corrected chi connectivity index (χ4v) is 3.38. The lowest BCUT2D eigenvalue weighted by molar-refractivity contribution is -0.133. The largest absolute Gasteiger partial charge is 0.333 e. The summed E-state index contributed by atoms with van der Waals surface area (Å²) in [6, 6.07) is 2.09. The van der Waals surface area contributed by atoms with Gasteiger partial charge in [0.05, 0.1) is 18.3 Å². The van der Waals surface area contributed by atoms with Crippen molar-refractivity contribution in [1.82, 2.24) is 29.4 Å². The van der Waals surface area contributed by atoms with Crippen molar-refractivity contribution in [3.8, 4) is 0 Å². The van der Waals surface area contributed by atoms with E-state index in [1.54, 1.807) is 0 Å². The number of nitrogens with zero attached hydrogens (tertiary/aromatic N) is 6. The number of rotatable bonds is 4. The quantitative estimate of drug-likeness (QED) is 0.862. The molecule has 0 aliphatic carbocycles. The first-order valence-corrected chi connectivity index (χ1v) is 8.59. The Hall–Kier alpha value is -2.18. The van der Waals surface area contributed by atoms with Gasteiger partial charge in [-0.2, -0.15) is 5.10 Å². The van der Waals surface area contributed by atoms with Crippen molar-refractivity contribution in [3.63, 3.8) is 0 Å². The van der Waals surface area contributed by atoms with Crippen molar-refractivity contribution in [3.05, 3.63) is 29.1 Å². The van der Waals surface area contributed by atoms with Crippen LogP contribution in [0.15, 0.2) is 6.07 Å². The number of aryl methyl sites for hydroxylation is 2. The minimum atomic E-state index is 0.0530. The summed E-state index contributed by atoms with van der Waals surface area (Å²) in [7, 11) is 0. The van der Waals surface area contributed by atoms with E-state index in [-0.39, 0.29) is 11.9 Å². The molecule has 0 spiro atoms. The van der Waals surface area contributed by atoms with Crippen LogP contribution in [0.25, 0.3) is 0 Å². The van der Waals surface area contributed by atoms with Gasteiger partial charge in [0.1, 0.15) is 5.82 Å². The van der Waals surface area contributed by atoms with E-state index in [0.717, 1.165) is 29.6 Å². The highest BCUT2D eigenvalue weighted by Crippen LogP contribution is 2.21. The number of amides is 1. The van der Waals surface area contributed by atoms with E-state index in [4.69, 9.17) is 0 Å². The lowest BCUT2D eigenvalue weighted by Crippen LogP contribution is -2.39. The van der Waals surface area contributed by atoms with Crippen molar-refractivity contribution in [1.29, 1.82) is 0 Å². The fourth-order valence-electron chi connectivity index (χ4n) is 3.38. The van der Waals surface area contributed by atoms with Crippen LogP contribution in [0.3, 0.4) is 0 Å². The van der Waals surface area contributed by atoms with Gasteiger partial charge in [-0.3, -0.25) is 9.48 Å². The highest BCUT2D eigenvalue weighted by atomic mass is 16.2. The normalized spacial score (nSPS) is 15.7. The number of carbonyl (C=O) groups excluding carboxylic acids is 1.